The minimum Gasteiger partial charge on any atom is -0.493 e. The number of ether oxygens (including phenoxy) is 2. The van der Waals surface area contributed by atoms with Crippen LogP contribution < -0.4 is 14.4 Å². The zero-order valence-corrected chi connectivity index (χ0v) is 11.3. The average molecular weight is 267 g/mol. The molecular formula is C17H17NO2. The third-order valence-electron chi connectivity index (χ3n) is 3.98. The summed E-state index contributed by atoms with van der Waals surface area (Å²) in [6.07, 6.45) is 2.21. The van der Waals surface area contributed by atoms with Crippen molar-refractivity contribution in [1.82, 2.24) is 0 Å². The maximum absolute atomic E-state index is 5.90. The topological polar surface area (TPSA) is 21.7 Å². The molecule has 0 N–H and O–H groups in total. The number of hydrogen-bond donors (Lipinski definition) is 0. The van der Waals surface area contributed by atoms with Crippen molar-refractivity contribution >= 4 is 5.69 Å². The van der Waals surface area contributed by atoms with E-state index in [0.29, 0.717) is 6.73 Å². The molecule has 0 saturated heterocycles. The summed E-state index contributed by atoms with van der Waals surface area (Å²) in [5, 5.41) is 0. The van der Waals surface area contributed by atoms with Gasteiger partial charge in [0.15, 0.2) is 6.73 Å². The molecule has 2 aliphatic rings. The standard InChI is InChI=1S/C17H17NO2/c1-2-6-14(7-3-1)18-11-15-16(20-12-18)9-8-13-5-4-10-19-17(13)15/h1-3,6-9H,4-5,10-12H2. The van der Waals surface area contributed by atoms with Crippen LogP contribution in [0.3, 0.4) is 0 Å². The van der Waals surface area contributed by atoms with Gasteiger partial charge in [0.1, 0.15) is 11.5 Å². The highest BCUT2D eigenvalue weighted by Crippen LogP contribution is 2.39. The zero-order valence-electron chi connectivity index (χ0n) is 11.3. The van der Waals surface area contributed by atoms with Crippen LogP contribution in [0, 0.1) is 0 Å². The van der Waals surface area contributed by atoms with Gasteiger partial charge in [-0.25, -0.2) is 0 Å². The van der Waals surface area contributed by atoms with Gasteiger partial charge in [-0.2, -0.15) is 0 Å². The lowest BCUT2D eigenvalue weighted by molar-refractivity contribution is 0.260. The summed E-state index contributed by atoms with van der Waals surface area (Å²) in [5.41, 5.74) is 3.69. The van der Waals surface area contributed by atoms with Crippen molar-refractivity contribution in [3.05, 3.63) is 53.6 Å². The molecule has 0 radical (unpaired) electrons. The van der Waals surface area contributed by atoms with E-state index >= 15 is 0 Å². The van der Waals surface area contributed by atoms with E-state index in [-0.39, 0.29) is 0 Å². The summed E-state index contributed by atoms with van der Waals surface area (Å²) in [5.74, 6) is 2.02. The highest BCUT2D eigenvalue weighted by atomic mass is 16.5. The smallest absolute Gasteiger partial charge is 0.161 e. The molecule has 0 spiro atoms. The lowest BCUT2D eigenvalue weighted by Gasteiger charge is -2.33. The summed E-state index contributed by atoms with van der Waals surface area (Å²) in [7, 11) is 0. The van der Waals surface area contributed by atoms with Crippen LogP contribution in [0.2, 0.25) is 0 Å². The lowest BCUT2D eigenvalue weighted by atomic mass is 10.0. The van der Waals surface area contributed by atoms with Crippen molar-refractivity contribution in [3.63, 3.8) is 0 Å². The minimum absolute atomic E-state index is 0.593. The van der Waals surface area contributed by atoms with Crippen LogP contribution >= 0.6 is 0 Å². The predicted molar refractivity (Wildman–Crippen MR) is 78.4 cm³/mol. The molecule has 0 atom stereocenters. The zero-order chi connectivity index (χ0) is 13.4. The maximum atomic E-state index is 5.90. The van der Waals surface area contributed by atoms with Crippen molar-refractivity contribution in [2.45, 2.75) is 19.4 Å². The normalized spacial score (nSPS) is 16.7. The second-order valence-electron chi connectivity index (χ2n) is 5.29. The molecule has 0 aliphatic carbocycles. The van der Waals surface area contributed by atoms with Crippen LogP contribution in [0.4, 0.5) is 5.69 Å². The van der Waals surface area contributed by atoms with Crippen LogP contribution in [-0.2, 0) is 13.0 Å². The van der Waals surface area contributed by atoms with E-state index in [1.54, 1.807) is 0 Å². The fourth-order valence-electron chi connectivity index (χ4n) is 2.95. The Kier molecular flexibility index (Phi) is 2.76. The molecule has 0 amide bonds. The van der Waals surface area contributed by atoms with E-state index in [1.807, 2.05) is 6.07 Å². The van der Waals surface area contributed by atoms with Gasteiger partial charge in [-0.1, -0.05) is 24.3 Å². The van der Waals surface area contributed by atoms with E-state index < -0.39 is 0 Å². The van der Waals surface area contributed by atoms with Crippen molar-refractivity contribution in [3.8, 4) is 11.5 Å². The quantitative estimate of drug-likeness (QED) is 0.790. The van der Waals surface area contributed by atoms with Gasteiger partial charge in [0.05, 0.1) is 18.7 Å². The molecule has 0 unspecified atom stereocenters. The first-order chi connectivity index (χ1) is 9.92. The van der Waals surface area contributed by atoms with E-state index in [4.69, 9.17) is 9.47 Å². The van der Waals surface area contributed by atoms with Crippen molar-refractivity contribution in [1.29, 1.82) is 0 Å². The van der Waals surface area contributed by atoms with E-state index in [0.717, 1.165) is 37.5 Å². The summed E-state index contributed by atoms with van der Waals surface area (Å²) in [6.45, 7) is 2.26. The number of nitrogens with zero attached hydrogens (tertiary/aromatic N) is 1. The fraction of sp³-hybridized carbons (Fsp3) is 0.294. The minimum atomic E-state index is 0.593. The Labute approximate surface area is 118 Å². The Bertz CT molecular complexity index is 624. The van der Waals surface area contributed by atoms with Crippen LogP contribution in [-0.4, -0.2) is 13.3 Å². The monoisotopic (exact) mass is 267 g/mol. The maximum Gasteiger partial charge on any atom is 0.161 e. The van der Waals surface area contributed by atoms with Crippen LogP contribution in [0.5, 0.6) is 11.5 Å². The highest BCUT2D eigenvalue weighted by molar-refractivity contribution is 5.56. The number of fused-ring (bicyclic) bond motifs is 3. The Morgan fingerprint density at radius 3 is 2.75 bits per heavy atom. The lowest BCUT2D eigenvalue weighted by Crippen LogP contribution is -2.32. The molecule has 0 fully saturated rings. The molecule has 3 heteroatoms. The fourth-order valence-corrected chi connectivity index (χ4v) is 2.95. The second kappa shape index (κ2) is 4.75. The van der Waals surface area contributed by atoms with Gasteiger partial charge in [-0.3, -0.25) is 0 Å². The Morgan fingerprint density at radius 2 is 1.85 bits per heavy atom. The SMILES string of the molecule is c1ccc(N2COc3ccc4c(c3C2)OCCC4)cc1. The molecule has 2 aromatic carbocycles. The Balaban J connectivity index is 1.71. The van der Waals surface area contributed by atoms with Gasteiger partial charge in [-0.05, 0) is 36.6 Å². The molecule has 2 heterocycles. The molecule has 0 bridgehead atoms. The van der Waals surface area contributed by atoms with Gasteiger partial charge in [0.25, 0.3) is 0 Å². The van der Waals surface area contributed by atoms with E-state index in [1.165, 1.54) is 16.8 Å². The van der Waals surface area contributed by atoms with Crippen LogP contribution in [0.15, 0.2) is 42.5 Å². The number of benzene rings is 2. The molecule has 102 valence electrons. The third-order valence-corrected chi connectivity index (χ3v) is 3.98. The van der Waals surface area contributed by atoms with Crippen molar-refractivity contribution in [2.75, 3.05) is 18.2 Å². The first kappa shape index (κ1) is 11.6. The number of aryl methyl sites for hydroxylation is 1. The van der Waals surface area contributed by atoms with E-state index in [9.17, 15) is 0 Å². The predicted octanol–water partition coefficient (Wildman–Crippen LogP) is 3.37. The first-order valence-electron chi connectivity index (χ1n) is 7.12. The average Bonchev–Trinajstić information content (AvgIpc) is 2.55. The number of para-hydroxylation sites is 1. The molecule has 2 aromatic rings. The van der Waals surface area contributed by atoms with Crippen LogP contribution in [0.1, 0.15) is 17.5 Å². The van der Waals surface area contributed by atoms with Crippen molar-refractivity contribution < 1.29 is 9.47 Å². The van der Waals surface area contributed by atoms with Gasteiger partial charge >= 0.3 is 0 Å². The molecule has 0 saturated carbocycles. The summed E-state index contributed by atoms with van der Waals surface area (Å²) < 4.78 is 11.8. The molecule has 20 heavy (non-hydrogen) atoms. The number of hydrogen-bond acceptors (Lipinski definition) is 3. The number of anilines is 1. The highest BCUT2D eigenvalue weighted by Gasteiger charge is 2.24. The van der Waals surface area contributed by atoms with Gasteiger partial charge < -0.3 is 14.4 Å². The summed E-state index contributed by atoms with van der Waals surface area (Å²) >= 11 is 0. The van der Waals surface area contributed by atoms with Gasteiger partial charge in [0.2, 0.25) is 0 Å². The first-order valence-corrected chi connectivity index (χ1v) is 7.12. The molecule has 2 aliphatic heterocycles. The second-order valence-corrected chi connectivity index (χ2v) is 5.29. The molecule has 3 nitrogen and oxygen atoms in total. The molecule has 0 aromatic heterocycles. The third kappa shape index (κ3) is 1.90. The summed E-state index contributed by atoms with van der Waals surface area (Å²) in [6, 6.07) is 14.6. The summed E-state index contributed by atoms with van der Waals surface area (Å²) in [4.78, 5) is 2.24. The Hall–Kier alpha value is -2.16. The number of rotatable bonds is 1. The van der Waals surface area contributed by atoms with Crippen molar-refractivity contribution in [2.24, 2.45) is 0 Å². The Morgan fingerprint density at radius 1 is 0.950 bits per heavy atom. The van der Waals surface area contributed by atoms with Crippen LogP contribution in [0.25, 0.3) is 0 Å². The van der Waals surface area contributed by atoms with Gasteiger partial charge in [0, 0.05) is 5.69 Å². The molecule has 4 rings (SSSR count). The van der Waals surface area contributed by atoms with E-state index in [2.05, 4.69) is 41.3 Å². The van der Waals surface area contributed by atoms with Gasteiger partial charge in [-0.15, -0.1) is 0 Å². The largest absolute Gasteiger partial charge is 0.493 e. The molecular weight excluding hydrogens is 250 g/mol.